The molecule has 0 unspecified atom stereocenters. The van der Waals surface area contributed by atoms with Crippen molar-refractivity contribution in [3.8, 4) is 0 Å². The molecule has 2 rings (SSSR count). The van der Waals surface area contributed by atoms with Crippen LogP contribution in [-0.4, -0.2) is 22.7 Å². The van der Waals surface area contributed by atoms with Gasteiger partial charge in [-0.2, -0.15) is 13.2 Å². The Morgan fingerprint density at radius 3 is 2.25 bits per heavy atom. The first-order chi connectivity index (χ1) is 9.38. The fourth-order valence-corrected chi connectivity index (χ4v) is 1.73. The average Bonchev–Trinajstić information content (AvgIpc) is 2.86. The maximum atomic E-state index is 12.2. The molecular formula is C14H10F3NO2. The summed E-state index contributed by atoms with van der Waals surface area (Å²) < 4.78 is 36.7. The van der Waals surface area contributed by atoms with Gasteiger partial charge in [-0.1, -0.05) is 30.3 Å². The number of ketones is 2. The molecular weight excluding hydrogens is 271 g/mol. The van der Waals surface area contributed by atoms with Gasteiger partial charge in [0.1, 0.15) is 0 Å². The Hall–Kier alpha value is -2.37. The van der Waals surface area contributed by atoms with E-state index in [0.717, 1.165) is 6.07 Å². The third-order valence-corrected chi connectivity index (χ3v) is 2.70. The Balaban J connectivity index is 2.11. The van der Waals surface area contributed by atoms with Crippen molar-refractivity contribution in [2.24, 2.45) is 0 Å². The minimum Gasteiger partial charge on any atom is -0.355 e. The van der Waals surface area contributed by atoms with E-state index in [1.165, 1.54) is 6.07 Å². The van der Waals surface area contributed by atoms with E-state index < -0.39 is 17.7 Å². The van der Waals surface area contributed by atoms with E-state index in [2.05, 4.69) is 4.98 Å². The molecule has 3 nitrogen and oxygen atoms in total. The van der Waals surface area contributed by atoms with Crippen LogP contribution < -0.4 is 0 Å². The Bertz CT molecular complexity index is 629. The van der Waals surface area contributed by atoms with E-state index >= 15 is 0 Å². The lowest BCUT2D eigenvalue weighted by molar-refractivity contribution is -0.0888. The molecule has 1 aromatic heterocycles. The number of H-pyrrole nitrogens is 1. The molecule has 0 radical (unpaired) electrons. The fourth-order valence-electron chi connectivity index (χ4n) is 1.73. The molecule has 1 N–H and O–H groups in total. The summed E-state index contributed by atoms with van der Waals surface area (Å²) in [6.07, 6.45) is -5.01. The van der Waals surface area contributed by atoms with E-state index in [1.54, 1.807) is 30.3 Å². The SMILES string of the molecule is O=C(Cc1ccc(C(=O)C(F)(F)F)[nH]1)c1ccccc1. The topological polar surface area (TPSA) is 49.9 Å². The predicted octanol–water partition coefficient (Wildman–Crippen LogP) is 3.19. The summed E-state index contributed by atoms with van der Waals surface area (Å²) in [4.78, 5) is 25.2. The van der Waals surface area contributed by atoms with Gasteiger partial charge >= 0.3 is 6.18 Å². The zero-order valence-electron chi connectivity index (χ0n) is 10.2. The molecule has 0 amide bonds. The standard InChI is InChI=1S/C14H10F3NO2/c15-14(16,17)13(20)11-7-6-10(18-11)8-12(19)9-4-2-1-3-5-9/h1-7,18H,8H2. The van der Waals surface area contributed by atoms with E-state index in [4.69, 9.17) is 0 Å². The van der Waals surface area contributed by atoms with Gasteiger partial charge in [0.25, 0.3) is 5.78 Å². The van der Waals surface area contributed by atoms with Crippen LogP contribution in [0.5, 0.6) is 0 Å². The first-order valence-corrected chi connectivity index (χ1v) is 5.75. The first-order valence-electron chi connectivity index (χ1n) is 5.75. The van der Waals surface area contributed by atoms with Gasteiger partial charge < -0.3 is 4.98 Å². The van der Waals surface area contributed by atoms with Gasteiger partial charge in [-0.05, 0) is 12.1 Å². The molecule has 0 saturated heterocycles. The molecule has 1 aromatic carbocycles. The van der Waals surface area contributed by atoms with Crippen LogP contribution in [0.2, 0.25) is 0 Å². The van der Waals surface area contributed by atoms with Gasteiger partial charge in [0.15, 0.2) is 5.78 Å². The summed E-state index contributed by atoms with van der Waals surface area (Å²) in [7, 11) is 0. The highest BCUT2D eigenvalue weighted by atomic mass is 19.4. The zero-order valence-corrected chi connectivity index (χ0v) is 10.2. The minimum absolute atomic E-state index is 0.0881. The van der Waals surface area contributed by atoms with Crippen LogP contribution in [0.3, 0.4) is 0 Å². The van der Waals surface area contributed by atoms with Gasteiger partial charge in [0.05, 0.1) is 12.1 Å². The number of hydrogen-bond acceptors (Lipinski definition) is 2. The van der Waals surface area contributed by atoms with Crippen molar-refractivity contribution in [1.29, 1.82) is 0 Å². The summed E-state index contributed by atoms with van der Waals surface area (Å²) in [5.41, 5.74) is 0.172. The highest BCUT2D eigenvalue weighted by Crippen LogP contribution is 2.21. The number of carbonyl (C=O) groups is 2. The third kappa shape index (κ3) is 3.14. The second-order valence-electron chi connectivity index (χ2n) is 4.19. The quantitative estimate of drug-likeness (QED) is 0.875. The van der Waals surface area contributed by atoms with Crippen molar-refractivity contribution >= 4 is 11.6 Å². The number of rotatable bonds is 4. The molecule has 0 bridgehead atoms. The monoisotopic (exact) mass is 281 g/mol. The molecule has 1 heterocycles. The Labute approximate surface area is 112 Å². The average molecular weight is 281 g/mol. The number of alkyl halides is 3. The summed E-state index contributed by atoms with van der Waals surface area (Å²) in [6.45, 7) is 0. The molecule has 0 spiro atoms. The van der Waals surface area contributed by atoms with Crippen molar-refractivity contribution in [3.05, 3.63) is 59.4 Å². The molecule has 0 aliphatic rings. The maximum absolute atomic E-state index is 12.2. The van der Waals surface area contributed by atoms with Gasteiger partial charge in [0.2, 0.25) is 0 Å². The molecule has 0 aliphatic heterocycles. The molecule has 104 valence electrons. The summed E-state index contributed by atoms with van der Waals surface area (Å²) in [5, 5.41) is 0. The van der Waals surface area contributed by atoms with Crippen molar-refractivity contribution in [3.63, 3.8) is 0 Å². The molecule has 6 heteroatoms. The molecule has 2 aromatic rings. The van der Waals surface area contributed by atoms with Crippen LogP contribution >= 0.6 is 0 Å². The second kappa shape index (κ2) is 5.32. The Kier molecular flexibility index (Phi) is 3.74. The van der Waals surface area contributed by atoms with Gasteiger partial charge in [-0.15, -0.1) is 0 Å². The third-order valence-electron chi connectivity index (χ3n) is 2.70. The van der Waals surface area contributed by atoms with E-state index in [0.29, 0.717) is 5.56 Å². The van der Waals surface area contributed by atoms with E-state index in [1.807, 2.05) is 0 Å². The van der Waals surface area contributed by atoms with Crippen molar-refractivity contribution < 1.29 is 22.8 Å². The van der Waals surface area contributed by atoms with Crippen LogP contribution in [-0.2, 0) is 6.42 Å². The number of carbonyl (C=O) groups excluding carboxylic acids is 2. The number of aromatic nitrogens is 1. The number of halogens is 3. The number of nitrogens with one attached hydrogen (secondary N) is 1. The maximum Gasteiger partial charge on any atom is 0.456 e. The molecule has 0 atom stereocenters. The molecule has 20 heavy (non-hydrogen) atoms. The van der Waals surface area contributed by atoms with Crippen LogP contribution in [0.1, 0.15) is 26.5 Å². The second-order valence-corrected chi connectivity index (χ2v) is 4.19. The normalized spacial score (nSPS) is 11.3. The Morgan fingerprint density at radius 1 is 1.00 bits per heavy atom. The van der Waals surface area contributed by atoms with Gasteiger partial charge in [-0.3, -0.25) is 9.59 Å². The fraction of sp³-hybridized carbons (Fsp3) is 0.143. The smallest absolute Gasteiger partial charge is 0.355 e. The minimum atomic E-state index is -4.93. The highest BCUT2D eigenvalue weighted by Gasteiger charge is 2.40. The van der Waals surface area contributed by atoms with Crippen LogP contribution in [0.4, 0.5) is 13.2 Å². The largest absolute Gasteiger partial charge is 0.456 e. The van der Waals surface area contributed by atoms with Gasteiger partial charge in [-0.25, -0.2) is 0 Å². The van der Waals surface area contributed by atoms with Crippen LogP contribution in [0.25, 0.3) is 0 Å². The van der Waals surface area contributed by atoms with Crippen LogP contribution in [0.15, 0.2) is 42.5 Å². The number of benzene rings is 1. The summed E-state index contributed by atoms with van der Waals surface area (Å²) in [6, 6.07) is 10.7. The van der Waals surface area contributed by atoms with E-state index in [9.17, 15) is 22.8 Å². The lowest BCUT2D eigenvalue weighted by Gasteiger charge is -2.02. The number of aromatic amines is 1. The molecule has 0 aliphatic carbocycles. The molecule has 0 saturated carbocycles. The molecule has 0 fully saturated rings. The van der Waals surface area contributed by atoms with E-state index in [-0.39, 0.29) is 17.9 Å². The lowest BCUT2D eigenvalue weighted by Crippen LogP contribution is -2.23. The number of hydrogen-bond donors (Lipinski definition) is 1. The predicted molar refractivity (Wildman–Crippen MR) is 65.7 cm³/mol. The zero-order chi connectivity index (χ0) is 14.8. The van der Waals surface area contributed by atoms with Crippen molar-refractivity contribution in [2.75, 3.05) is 0 Å². The van der Waals surface area contributed by atoms with Gasteiger partial charge in [0, 0.05) is 11.3 Å². The number of Topliss-reactive ketones (excluding diaryl/α,β-unsaturated/α-hetero) is 2. The lowest BCUT2D eigenvalue weighted by atomic mass is 10.1. The van der Waals surface area contributed by atoms with Crippen molar-refractivity contribution in [2.45, 2.75) is 12.6 Å². The van der Waals surface area contributed by atoms with Crippen molar-refractivity contribution in [1.82, 2.24) is 4.98 Å². The summed E-state index contributed by atoms with van der Waals surface area (Å²) >= 11 is 0. The summed E-state index contributed by atoms with van der Waals surface area (Å²) in [5.74, 6) is -2.19. The highest BCUT2D eigenvalue weighted by molar-refractivity contribution is 6.00. The van der Waals surface area contributed by atoms with Crippen LogP contribution in [0, 0.1) is 0 Å². The Morgan fingerprint density at radius 2 is 1.65 bits per heavy atom. The first kappa shape index (κ1) is 14.0.